The highest BCUT2D eigenvalue weighted by Crippen LogP contribution is 2.39. The molecule has 0 radical (unpaired) electrons. The van der Waals surface area contributed by atoms with E-state index in [1.165, 1.54) is 11.8 Å². The molecule has 0 aliphatic carbocycles. The van der Waals surface area contributed by atoms with E-state index in [0.717, 1.165) is 6.07 Å². The molecule has 6 nitrogen and oxygen atoms in total. The minimum absolute atomic E-state index is 0.0479. The SMILES string of the molecule is CCOC(=O)c1c2n(c3c(F)c(N4CCNCC4)c(F)cc3c1=O)CS2. The first-order chi connectivity index (χ1) is 12.5. The molecule has 1 saturated heterocycles. The van der Waals surface area contributed by atoms with Crippen LogP contribution in [0.25, 0.3) is 10.9 Å². The lowest BCUT2D eigenvalue weighted by molar-refractivity contribution is 0.0518. The van der Waals surface area contributed by atoms with Crippen LogP contribution in [0.5, 0.6) is 0 Å². The summed E-state index contributed by atoms with van der Waals surface area (Å²) in [5, 5.41) is 3.38. The fourth-order valence-corrected chi connectivity index (χ4v) is 4.32. The number of piperazine rings is 1. The van der Waals surface area contributed by atoms with Gasteiger partial charge in [-0.15, -0.1) is 0 Å². The summed E-state index contributed by atoms with van der Waals surface area (Å²) in [6.07, 6.45) is 0. The minimum atomic E-state index is -0.795. The number of thioether (sulfide) groups is 1. The molecule has 9 heteroatoms. The molecule has 1 N–H and O–H groups in total. The van der Waals surface area contributed by atoms with Crippen molar-refractivity contribution < 1.29 is 18.3 Å². The number of carbonyl (C=O) groups excluding carboxylic acids is 1. The van der Waals surface area contributed by atoms with E-state index >= 15 is 4.39 Å². The Morgan fingerprint density at radius 3 is 2.69 bits per heavy atom. The van der Waals surface area contributed by atoms with Crippen molar-refractivity contribution in [3.05, 3.63) is 33.5 Å². The smallest absolute Gasteiger partial charge is 0.344 e. The van der Waals surface area contributed by atoms with E-state index < -0.39 is 23.0 Å². The lowest BCUT2D eigenvalue weighted by atomic mass is 10.1. The van der Waals surface area contributed by atoms with Gasteiger partial charge in [0.15, 0.2) is 5.82 Å². The third-order valence-corrected chi connectivity index (χ3v) is 5.70. The van der Waals surface area contributed by atoms with Gasteiger partial charge in [0, 0.05) is 26.2 Å². The van der Waals surface area contributed by atoms with E-state index in [1.54, 1.807) is 16.4 Å². The topological polar surface area (TPSA) is 63.6 Å². The Hall–Kier alpha value is -2.13. The van der Waals surface area contributed by atoms with Crippen molar-refractivity contribution in [3.8, 4) is 0 Å². The van der Waals surface area contributed by atoms with Crippen molar-refractivity contribution in [2.75, 3.05) is 37.7 Å². The molecule has 0 amide bonds. The van der Waals surface area contributed by atoms with Crippen molar-refractivity contribution in [2.45, 2.75) is 17.8 Å². The first kappa shape index (κ1) is 17.3. The molecule has 0 saturated carbocycles. The molecule has 3 heterocycles. The van der Waals surface area contributed by atoms with Gasteiger partial charge in [-0.1, -0.05) is 11.8 Å². The van der Waals surface area contributed by atoms with E-state index in [1.807, 2.05) is 0 Å². The van der Waals surface area contributed by atoms with Crippen LogP contribution < -0.4 is 15.6 Å². The Kier molecular flexibility index (Phi) is 4.36. The summed E-state index contributed by atoms with van der Waals surface area (Å²) < 4.78 is 36.5. The number of nitrogens with one attached hydrogen (secondary N) is 1. The van der Waals surface area contributed by atoms with Crippen LogP contribution in [0.3, 0.4) is 0 Å². The van der Waals surface area contributed by atoms with Crippen LogP contribution in [0.1, 0.15) is 17.3 Å². The molecular weight excluding hydrogens is 364 g/mol. The van der Waals surface area contributed by atoms with Crippen LogP contribution in [-0.2, 0) is 10.6 Å². The monoisotopic (exact) mass is 381 g/mol. The predicted octanol–water partition coefficient (Wildman–Crippen LogP) is 1.93. The highest BCUT2D eigenvalue weighted by atomic mass is 32.2. The summed E-state index contributed by atoms with van der Waals surface area (Å²) in [7, 11) is 0. The van der Waals surface area contributed by atoms with Gasteiger partial charge in [0.2, 0.25) is 5.43 Å². The Labute approximate surface area is 152 Å². The van der Waals surface area contributed by atoms with Gasteiger partial charge < -0.3 is 19.5 Å². The fraction of sp³-hybridized carbons (Fsp3) is 0.412. The maximum Gasteiger partial charge on any atom is 0.344 e. The van der Waals surface area contributed by atoms with Gasteiger partial charge in [0.25, 0.3) is 0 Å². The largest absolute Gasteiger partial charge is 0.462 e. The van der Waals surface area contributed by atoms with Gasteiger partial charge in [-0.3, -0.25) is 4.79 Å². The molecule has 2 aliphatic rings. The molecule has 1 fully saturated rings. The normalized spacial score (nSPS) is 16.3. The minimum Gasteiger partial charge on any atom is -0.462 e. The number of hydrogen-bond acceptors (Lipinski definition) is 6. The number of pyridine rings is 1. The standard InChI is InChI=1S/C17H17F2N3O3S/c1-2-25-17(24)11-15(23)9-7-10(18)14(21-5-3-20-4-6-21)12(19)13(9)22-8-26-16(11)22/h7,20H,2-6,8H2,1H3. The highest BCUT2D eigenvalue weighted by Gasteiger charge is 2.32. The van der Waals surface area contributed by atoms with Gasteiger partial charge >= 0.3 is 5.97 Å². The summed E-state index contributed by atoms with van der Waals surface area (Å²) >= 11 is 1.27. The van der Waals surface area contributed by atoms with Gasteiger partial charge in [-0.05, 0) is 13.0 Å². The quantitative estimate of drug-likeness (QED) is 0.820. The summed E-state index contributed by atoms with van der Waals surface area (Å²) in [6, 6.07) is 1.04. The second-order valence-corrected chi connectivity index (χ2v) is 7.02. The van der Waals surface area contributed by atoms with Crippen molar-refractivity contribution >= 4 is 34.3 Å². The van der Waals surface area contributed by atoms with Gasteiger partial charge in [-0.25, -0.2) is 13.6 Å². The first-order valence-electron chi connectivity index (χ1n) is 8.38. The van der Waals surface area contributed by atoms with E-state index in [2.05, 4.69) is 5.32 Å². The highest BCUT2D eigenvalue weighted by molar-refractivity contribution is 7.99. The molecule has 1 aromatic carbocycles. The molecule has 4 rings (SSSR count). The van der Waals surface area contributed by atoms with Crippen molar-refractivity contribution in [1.82, 2.24) is 9.88 Å². The maximum absolute atomic E-state index is 15.3. The number of anilines is 1. The number of nitrogens with zero attached hydrogens (tertiary/aromatic N) is 2. The zero-order chi connectivity index (χ0) is 18.4. The summed E-state index contributed by atoms with van der Waals surface area (Å²) in [5.41, 5.74) is -0.911. The van der Waals surface area contributed by atoms with Crippen LogP contribution in [0.15, 0.2) is 15.9 Å². The van der Waals surface area contributed by atoms with Crippen LogP contribution in [0.4, 0.5) is 14.5 Å². The van der Waals surface area contributed by atoms with Gasteiger partial charge in [0.1, 0.15) is 17.1 Å². The second-order valence-electron chi connectivity index (χ2n) is 6.09. The number of fused-ring (bicyclic) bond motifs is 3. The number of ether oxygens (including phenoxy) is 1. The summed E-state index contributed by atoms with van der Waals surface area (Å²) in [5.74, 6) is -1.92. The third-order valence-electron chi connectivity index (χ3n) is 4.61. The van der Waals surface area contributed by atoms with Crippen LogP contribution in [0.2, 0.25) is 0 Å². The van der Waals surface area contributed by atoms with E-state index in [4.69, 9.17) is 4.74 Å². The molecule has 2 aromatic rings. The number of carbonyl (C=O) groups is 1. The molecule has 0 bridgehead atoms. The predicted molar refractivity (Wildman–Crippen MR) is 95.0 cm³/mol. The molecule has 138 valence electrons. The zero-order valence-electron chi connectivity index (χ0n) is 14.1. The Morgan fingerprint density at radius 2 is 2.08 bits per heavy atom. The average molecular weight is 381 g/mol. The number of rotatable bonds is 3. The lowest BCUT2D eigenvalue weighted by Gasteiger charge is -2.32. The van der Waals surface area contributed by atoms with E-state index in [0.29, 0.717) is 37.1 Å². The number of aromatic nitrogens is 1. The van der Waals surface area contributed by atoms with Crippen molar-refractivity contribution in [1.29, 1.82) is 0 Å². The first-order valence-corrected chi connectivity index (χ1v) is 9.37. The summed E-state index contributed by atoms with van der Waals surface area (Å²) in [6.45, 7) is 3.97. The number of halogens is 2. The number of esters is 1. The van der Waals surface area contributed by atoms with E-state index in [-0.39, 0.29) is 28.8 Å². The molecule has 1 aromatic heterocycles. The van der Waals surface area contributed by atoms with Gasteiger partial charge in [0.05, 0.1) is 28.4 Å². The molecule has 0 unspecified atom stereocenters. The molecular formula is C17H17F2N3O3S. The van der Waals surface area contributed by atoms with Crippen LogP contribution in [0, 0.1) is 11.6 Å². The Morgan fingerprint density at radius 1 is 1.35 bits per heavy atom. The average Bonchev–Trinajstić information content (AvgIpc) is 2.60. The number of benzene rings is 1. The van der Waals surface area contributed by atoms with Gasteiger partial charge in [-0.2, -0.15) is 0 Å². The van der Waals surface area contributed by atoms with E-state index in [9.17, 15) is 14.0 Å². The van der Waals surface area contributed by atoms with Crippen LogP contribution >= 0.6 is 11.8 Å². The molecule has 0 atom stereocenters. The summed E-state index contributed by atoms with van der Waals surface area (Å²) in [4.78, 5) is 26.5. The molecule has 2 aliphatic heterocycles. The third kappa shape index (κ3) is 2.49. The lowest BCUT2D eigenvalue weighted by Crippen LogP contribution is -2.44. The zero-order valence-corrected chi connectivity index (χ0v) is 14.9. The Bertz CT molecular complexity index is 970. The van der Waals surface area contributed by atoms with Crippen molar-refractivity contribution in [3.63, 3.8) is 0 Å². The number of hydrogen-bond donors (Lipinski definition) is 1. The molecule has 26 heavy (non-hydrogen) atoms. The second kappa shape index (κ2) is 6.55. The fourth-order valence-electron chi connectivity index (χ4n) is 3.40. The Balaban J connectivity index is 1.97. The maximum atomic E-state index is 15.3. The molecule has 0 spiro atoms. The van der Waals surface area contributed by atoms with Crippen LogP contribution in [-0.4, -0.2) is 43.3 Å². The van der Waals surface area contributed by atoms with Crippen molar-refractivity contribution in [2.24, 2.45) is 0 Å².